The Labute approximate surface area is 331 Å². The van der Waals surface area contributed by atoms with Gasteiger partial charge >= 0.3 is 0 Å². The van der Waals surface area contributed by atoms with Crippen molar-refractivity contribution in [3.63, 3.8) is 0 Å². The second-order valence-corrected chi connectivity index (χ2v) is 16.0. The molecule has 0 fully saturated rings. The molecule has 11 rings (SSSR count). The lowest BCUT2D eigenvalue weighted by atomic mass is 9.94. The Hall–Kier alpha value is -6.79. The van der Waals surface area contributed by atoms with Gasteiger partial charge in [-0.05, 0) is 46.0 Å². The first-order chi connectivity index (χ1) is 27.8. The van der Waals surface area contributed by atoms with Crippen molar-refractivity contribution < 1.29 is 0 Å². The summed E-state index contributed by atoms with van der Waals surface area (Å²) >= 11 is 3.72. The van der Waals surface area contributed by atoms with Gasteiger partial charge in [0.15, 0.2) is 17.5 Å². The van der Waals surface area contributed by atoms with Crippen LogP contribution in [0.5, 0.6) is 0 Å². The van der Waals surface area contributed by atoms with Crippen LogP contribution in [0, 0.1) is 0 Å². The van der Waals surface area contributed by atoms with Crippen LogP contribution >= 0.6 is 22.7 Å². The zero-order valence-corrected chi connectivity index (χ0v) is 31.7. The zero-order chi connectivity index (χ0) is 37.0. The standard InChI is InChI=1S/C51H31N3S2/c1-4-15-32(16-5-1)35-21-12-22-36(31-35)50-52-49(34-19-8-3-9-20-34)53-51(54-50)42-26-14-28-44-45(42)41-25-13-24-39(47(41)56-44)38-30-29-37(33-17-6-2-7-18-33)48-46(38)40-23-10-11-27-43(40)55-48/h1-31H. The molecule has 11 aromatic rings. The first-order valence-electron chi connectivity index (χ1n) is 18.7. The summed E-state index contributed by atoms with van der Waals surface area (Å²) in [5.74, 6) is 1.96. The second kappa shape index (κ2) is 13.5. The normalized spacial score (nSPS) is 11.6. The van der Waals surface area contributed by atoms with Gasteiger partial charge in [0.1, 0.15) is 0 Å². The van der Waals surface area contributed by atoms with Gasteiger partial charge in [0, 0.05) is 62.6 Å². The first-order valence-corrected chi connectivity index (χ1v) is 20.3. The molecule has 0 aliphatic heterocycles. The molecule has 0 saturated heterocycles. The molecule has 0 atom stereocenters. The maximum Gasteiger partial charge on any atom is 0.164 e. The van der Waals surface area contributed by atoms with Gasteiger partial charge in [-0.1, -0.05) is 170 Å². The number of hydrogen-bond acceptors (Lipinski definition) is 5. The smallest absolute Gasteiger partial charge is 0.164 e. The maximum atomic E-state index is 5.24. The van der Waals surface area contributed by atoms with Crippen molar-refractivity contribution in [3.8, 4) is 67.5 Å². The topological polar surface area (TPSA) is 38.7 Å². The first kappa shape index (κ1) is 32.6. The molecule has 262 valence electrons. The Morgan fingerprint density at radius 3 is 1.62 bits per heavy atom. The summed E-state index contributed by atoms with van der Waals surface area (Å²) in [7, 11) is 0. The summed E-state index contributed by atoms with van der Waals surface area (Å²) in [6.07, 6.45) is 0. The second-order valence-electron chi connectivity index (χ2n) is 13.9. The van der Waals surface area contributed by atoms with Crippen LogP contribution in [0.3, 0.4) is 0 Å². The minimum Gasteiger partial charge on any atom is -0.208 e. The zero-order valence-electron chi connectivity index (χ0n) is 30.1. The van der Waals surface area contributed by atoms with Crippen LogP contribution in [0.1, 0.15) is 0 Å². The van der Waals surface area contributed by atoms with Crippen LogP contribution in [0.25, 0.3) is 108 Å². The van der Waals surface area contributed by atoms with E-state index in [1.165, 1.54) is 57.2 Å². The Bertz CT molecular complexity index is 3240. The predicted molar refractivity (Wildman–Crippen MR) is 238 cm³/mol. The molecule has 0 aliphatic rings. The van der Waals surface area contributed by atoms with Crippen LogP contribution in [0.4, 0.5) is 0 Å². The van der Waals surface area contributed by atoms with Crippen molar-refractivity contribution in [2.24, 2.45) is 0 Å². The highest BCUT2D eigenvalue weighted by Gasteiger charge is 2.21. The average molecular weight is 750 g/mol. The van der Waals surface area contributed by atoms with Crippen molar-refractivity contribution in [1.29, 1.82) is 0 Å². The molecule has 3 aromatic heterocycles. The highest BCUT2D eigenvalue weighted by molar-refractivity contribution is 7.27. The van der Waals surface area contributed by atoms with E-state index < -0.39 is 0 Å². The summed E-state index contributed by atoms with van der Waals surface area (Å²) in [6.45, 7) is 0. The molecule has 0 spiro atoms. The van der Waals surface area contributed by atoms with Crippen molar-refractivity contribution in [2.75, 3.05) is 0 Å². The van der Waals surface area contributed by atoms with Gasteiger partial charge in [-0.25, -0.2) is 15.0 Å². The Balaban J connectivity index is 1.13. The van der Waals surface area contributed by atoms with Crippen molar-refractivity contribution >= 4 is 63.0 Å². The predicted octanol–water partition coefficient (Wildman–Crippen LogP) is 14.6. The van der Waals surface area contributed by atoms with E-state index in [9.17, 15) is 0 Å². The quantitative estimate of drug-likeness (QED) is 0.170. The van der Waals surface area contributed by atoms with Gasteiger partial charge < -0.3 is 0 Å². The van der Waals surface area contributed by atoms with Crippen molar-refractivity contribution in [2.45, 2.75) is 0 Å². The fourth-order valence-electron chi connectivity index (χ4n) is 7.95. The molecule has 0 radical (unpaired) electrons. The van der Waals surface area contributed by atoms with Crippen LogP contribution < -0.4 is 0 Å². The number of hydrogen-bond donors (Lipinski definition) is 0. The monoisotopic (exact) mass is 749 g/mol. The maximum absolute atomic E-state index is 5.24. The van der Waals surface area contributed by atoms with Crippen molar-refractivity contribution in [3.05, 3.63) is 188 Å². The molecule has 0 aliphatic carbocycles. The third kappa shape index (κ3) is 5.51. The van der Waals surface area contributed by atoms with E-state index in [1.54, 1.807) is 0 Å². The van der Waals surface area contributed by atoms with Crippen LogP contribution in [-0.4, -0.2) is 15.0 Å². The number of benzene rings is 8. The van der Waals surface area contributed by atoms with E-state index in [2.05, 4.69) is 164 Å². The van der Waals surface area contributed by atoms with Crippen LogP contribution in [-0.2, 0) is 0 Å². The third-order valence-corrected chi connectivity index (χ3v) is 13.0. The summed E-state index contributed by atoms with van der Waals surface area (Å²) in [5.41, 5.74) is 10.2. The summed E-state index contributed by atoms with van der Waals surface area (Å²) in [6, 6.07) is 66.6. The molecule has 5 heteroatoms. The fraction of sp³-hybridized carbons (Fsp3) is 0. The summed E-state index contributed by atoms with van der Waals surface area (Å²) < 4.78 is 5.07. The number of aromatic nitrogens is 3. The van der Waals surface area contributed by atoms with Gasteiger partial charge in [0.05, 0.1) is 0 Å². The Morgan fingerprint density at radius 2 is 0.821 bits per heavy atom. The van der Waals surface area contributed by atoms with Crippen molar-refractivity contribution in [1.82, 2.24) is 15.0 Å². The number of fused-ring (bicyclic) bond motifs is 6. The highest BCUT2D eigenvalue weighted by Crippen LogP contribution is 2.49. The van der Waals surface area contributed by atoms with E-state index in [0.717, 1.165) is 33.2 Å². The summed E-state index contributed by atoms with van der Waals surface area (Å²) in [5, 5.41) is 4.97. The highest BCUT2D eigenvalue weighted by atomic mass is 32.1. The molecular weight excluding hydrogens is 719 g/mol. The van der Waals surface area contributed by atoms with E-state index in [4.69, 9.17) is 15.0 Å². The molecule has 8 aromatic carbocycles. The lowest BCUT2D eigenvalue weighted by Gasteiger charge is -2.11. The largest absolute Gasteiger partial charge is 0.208 e. The number of thiophene rings is 2. The lowest BCUT2D eigenvalue weighted by Crippen LogP contribution is -2.00. The van der Waals surface area contributed by atoms with Gasteiger partial charge in [-0.3, -0.25) is 0 Å². The molecule has 56 heavy (non-hydrogen) atoms. The van der Waals surface area contributed by atoms with Gasteiger partial charge in [-0.2, -0.15) is 0 Å². The Kier molecular flexibility index (Phi) is 7.87. The lowest BCUT2D eigenvalue weighted by molar-refractivity contribution is 1.08. The van der Waals surface area contributed by atoms with Gasteiger partial charge in [0.25, 0.3) is 0 Å². The SMILES string of the molecule is c1ccc(-c2cccc(-c3nc(-c4ccccc4)nc(-c4cccc5sc6c(-c7ccc(-c8ccccc8)c8sc9ccccc9c78)cccc6c45)n3)c2)cc1. The number of nitrogens with zero attached hydrogens (tertiary/aromatic N) is 3. The summed E-state index contributed by atoms with van der Waals surface area (Å²) in [4.78, 5) is 15.5. The third-order valence-electron chi connectivity index (χ3n) is 10.6. The molecule has 0 saturated carbocycles. The molecule has 0 unspecified atom stereocenters. The van der Waals surface area contributed by atoms with E-state index in [1.807, 2.05) is 46.9 Å². The molecule has 0 bridgehead atoms. The minimum atomic E-state index is 0.647. The molecule has 3 nitrogen and oxygen atoms in total. The van der Waals surface area contributed by atoms with E-state index in [-0.39, 0.29) is 0 Å². The molecule has 3 heterocycles. The Morgan fingerprint density at radius 1 is 0.286 bits per heavy atom. The molecule has 0 amide bonds. The van der Waals surface area contributed by atoms with Gasteiger partial charge in [-0.15, -0.1) is 22.7 Å². The van der Waals surface area contributed by atoms with Gasteiger partial charge in [0.2, 0.25) is 0 Å². The minimum absolute atomic E-state index is 0.647. The molecular formula is C51H31N3S2. The number of rotatable bonds is 6. The van der Waals surface area contributed by atoms with E-state index in [0.29, 0.717) is 17.5 Å². The van der Waals surface area contributed by atoms with Crippen LogP contribution in [0.15, 0.2) is 188 Å². The average Bonchev–Trinajstić information content (AvgIpc) is 3.86. The fourth-order valence-corrected chi connectivity index (χ4v) is 10.5. The van der Waals surface area contributed by atoms with Crippen LogP contribution in [0.2, 0.25) is 0 Å². The van der Waals surface area contributed by atoms with E-state index >= 15 is 0 Å². The molecule has 0 N–H and O–H groups in total.